The summed E-state index contributed by atoms with van der Waals surface area (Å²) in [4.78, 5) is 25.7. The summed E-state index contributed by atoms with van der Waals surface area (Å²) < 4.78 is 38.4. The molecular formula is C25H32F3N5O3. The van der Waals surface area contributed by atoms with Crippen molar-refractivity contribution in [3.63, 3.8) is 0 Å². The van der Waals surface area contributed by atoms with E-state index in [0.29, 0.717) is 24.2 Å². The molecule has 0 unspecified atom stereocenters. The highest BCUT2D eigenvalue weighted by molar-refractivity contribution is 5.76. The first kappa shape index (κ1) is 27.4. The van der Waals surface area contributed by atoms with E-state index < -0.39 is 11.7 Å². The van der Waals surface area contributed by atoms with Crippen LogP contribution in [0.5, 0.6) is 0 Å². The maximum Gasteiger partial charge on any atom is 0.417 e. The molecule has 0 aromatic carbocycles. The lowest BCUT2D eigenvalue weighted by Gasteiger charge is -2.30. The Labute approximate surface area is 207 Å². The minimum atomic E-state index is -4.45. The molecule has 1 aliphatic heterocycles. The number of hydrogen-bond donors (Lipinski definition) is 3. The summed E-state index contributed by atoms with van der Waals surface area (Å²) in [5.74, 6) is 2.25. The smallest absolute Gasteiger partial charge is 0.417 e. The van der Waals surface area contributed by atoms with Crippen LogP contribution in [0.25, 0.3) is 22.6 Å². The average molecular weight is 508 g/mol. The van der Waals surface area contributed by atoms with Gasteiger partial charge < -0.3 is 20.1 Å². The Morgan fingerprint density at radius 1 is 1.06 bits per heavy atom. The summed E-state index contributed by atoms with van der Waals surface area (Å²) in [6.45, 7) is 3.59. The van der Waals surface area contributed by atoms with Crippen molar-refractivity contribution in [3.8, 4) is 11.4 Å². The van der Waals surface area contributed by atoms with E-state index in [1.165, 1.54) is 32.1 Å². The third-order valence-electron chi connectivity index (χ3n) is 6.37. The number of carboxylic acid groups (broad SMARTS) is 1. The number of halogens is 3. The first-order valence-corrected chi connectivity index (χ1v) is 12.1. The van der Waals surface area contributed by atoms with E-state index in [2.05, 4.69) is 31.8 Å². The van der Waals surface area contributed by atoms with Gasteiger partial charge in [-0.3, -0.25) is 4.79 Å². The van der Waals surface area contributed by atoms with E-state index in [1.807, 2.05) is 12.1 Å². The summed E-state index contributed by atoms with van der Waals surface area (Å²) in [5.41, 5.74) is 0.296. The number of H-pyrrole nitrogens is 1. The second kappa shape index (κ2) is 12.7. The number of nitrogens with zero attached hydrogens (tertiary/aromatic N) is 4. The number of piperidine rings is 1. The van der Waals surface area contributed by atoms with Crippen molar-refractivity contribution in [2.45, 2.75) is 64.1 Å². The molecule has 1 saturated carbocycles. The molecular weight excluding hydrogens is 475 g/mol. The number of anilines is 1. The van der Waals surface area contributed by atoms with Gasteiger partial charge >= 0.3 is 6.18 Å². The number of hydrogen-bond acceptors (Lipinski definition) is 6. The SMILES string of the molecule is CC1CCCCC1.O=CO.OC1CCN(c2ccc(-c3nc4ncc(C(F)(F)F)cc4[nH]3)cn2)CC1. The summed E-state index contributed by atoms with van der Waals surface area (Å²) in [6, 6.07) is 4.66. The van der Waals surface area contributed by atoms with E-state index >= 15 is 0 Å². The maximum atomic E-state index is 12.8. The molecule has 3 N–H and O–H groups in total. The van der Waals surface area contributed by atoms with E-state index in [9.17, 15) is 18.3 Å². The molecule has 4 heterocycles. The van der Waals surface area contributed by atoms with Crippen LogP contribution in [0.1, 0.15) is 57.4 Å². The number of aliphatic hydroxyl groups excluding tert-OH is 1. The Balaban J connectivity index is 0.000000304. The molecule has 0 spiro atoms. The molecule has 1 aliphatic carbocycles. The lowest BCUT2D eigenvalue weighted by atomic mass is 9.91. The molecule has 196 valence electrons. The topological polar surface area (TPSA) is 115 Å². The number of carbonyl (C=O) groups is 1. The number of aliphatic hydroxyl groups is 1. The fourth-order valence-electron chi connectivity index (χ4n) is 4.31. The van der Waals surface area contributed by atoms with Gasteiger partial charge in [0.2, 0.25) is 0 Å². The van der Waals surface area contributed by atoms with Crippen molar-refractivity contribution in [3.05, 3.63) is 36.2 Å². The fraction of sp³-hybridized carbons (Fsp3) is 0.520. The maximum absolute atomic E-state index is 12.8. The first-order valence-electron chi connectivity index (χ1n) is 12.1. The van der Waals surface area contributed by atoms with E-state index in [4.69, 9.17) is 9.90 Å². The fourth-order valence-corrected chi connectivity index (χ4v) is 4.31. The Kier molecular flexibility index (Phi) is 9.63. The highest BCUT2D eigenvalue weighted by Crippen LogP contribution is 2.31. The third-order valence-corrected chi connectivity index (χ3v) is 6.37. The number of alkyl halides is 3. The predicted molar refractivity (Wildman–Crippen MR) is 131 cm³/mol. The van der Waals surface area contributed by atoms with Gasteiger partial charge in [-0.15, -0.1) is 0 Å². The van der Waals surface area contributed by atoms with Gasteiger partial charge in [0.1, 0.15) is 11.6 Å². The van der Waals surface area contributed by atoms with Crippen molar-refractivity contribution in [2.75, 3.05) is 18.0 Å². The van der Waals surface area contributed by atoms with Crippen LogP contribution in [0.4, 0.5) is 19.0 Å². The molecule has 0 radical (unpaired) electrons. The molecule has 8 nitrogen and oxygen atoms in total. The van der Waals surface area contributed by atoms with Crippen LogP contribution >= 0.6 is 0 Å². The number of aromatic nitrogens is 4. The van der Waals surface area contributed by atoms with Crippen LogP contribution in [0.3, 0.4) is 0 Å². The highest BCUT2D eigenvalue weighted by atomic mass is 19.4. The van der Waals surface area contributed by atoms with Crippen LogP contribution in [0.15, 0.2) is 30.6 Å². The van der Waals surface area contributed by atoms with E-state index in [-0.39, 0.29) is 23.7 Å². The largest absolute Gasteiger partial charge is 0.483 e. The molecule has 11 heteroatoms. The third kappa shape index (κ3) is 7.64. The van der Waals surface area contributed by atoms with Crippen molar-refractivity contribution < 1.29 is 28.2 Å². The minimum Gasteiger partial charge on any atom is -0.483 e. The van der Waals surface area contributed by atoms with Gasteiger partial charge in [-0.1, -0.05) is 39.0 Å². The van der Waals surface area contributed by atoms with Crippen LogP contribution in [0.2, 0.25) is 0 Å². The number of imidazole rings is 1. The summed E-state index contributed by atoms with van der Waals surface area (Å²) in [6.07, 6.45) is 6.56. The average Bonchev–Trinajstić information content (AvgIpc) is 3.29. The standard InChI is InChI=1S/C17H16F3N5O.C7H14.CH2O2/c18-17(19,20)11-7-13-16(22-9-11)24-15(23-13)10-1-2-14(21-8-10)25-5-3-12(26)4-6-25;1-7-5-3-2-4-6-7;2-1-3/h1-2,7-9,12,26H,3-6H2,(H,22,23,24);7H,2-6H2,1H3;1H,(H,2,3). The predicted octanol–water partition coefficient (Wildman–Crippen LogP) is 5.29. The summed E-state index contributed by atoms with van der Waals surface area (Å²) in [7, 11) is 0. The van der Waals surface area contributed by atoms with Gasteiger partial charge in [0, 0.05) is 31.0 Å². The van der Waals surface area contributed by atoms with E-state index in [1.54, 1.807) is 6.20 Å². The number of rotatable bonds is 2. The molecule has 0 atom stereocenters. The first-order chi connectivity index (χ1) is 17.2. The molecule has 0 amide bonds. The van der Waals surface area contributed by atoms with Gasteiger partial charge in [0.05, 0.1) is 17.2 Å². The van der Waals surface area contributed by atoms with Crippen LogP contribution in [-0.2, 0) is 11.0 Å². The van der Waals surface area contributed by atoms with Gasteiger partial charge in [0.25, 0.3) is 6.47 Å². The molecule has 3 aromatic rings. The molecule has 3 aromatic heterocycles. The Bertz CT molecular complexity index is 1090. The van der Waals surface area contributed by atoms with Gasteiger partial charge in [-0.05, 0) is 37.0 Å². The monoisotopic (exact) mass is 507 g/mol. The highest BCUT2D eigenvalue weighted by Gasteiger charge is 2.31. The summed E-state index contributed by atoms with van der Waals surface area (Å²) in [5, 5.41) is 16.5. The second-order valence-electron chi connectivity index (χ2n) is 9.15. The number of aromatic amines is 1. The Hall–Kier alpha value is -3.21. The van der Waals surface area contributed by atoms with Crippen molar-refractivity contribution in [1.82, 2.24) is 19.9 Å². The molecule has 36 heavy (non-hydrogen) atoms. The number of fused-ring (bicyclic) bond motifs is 1. The lowest BCUT2D eigenvalue weighted by molar-refractivity contribution is -0.137. The zero-order valence-electron chi connectivity index (χ0n) is 20.2. The minimum absolute atomic E-state index is 0.224. The summed E-state index contributed by atoms with van der Waals surface area (Å²) >= 11 is 0. The normalized spacial score (nSPS) is 17.1. The van der Waals surface area contributed by atoms with Crippen molar-refractivity contribution in [1.29, 1.82) is 0 Å². The zero-order valence-corrected chi connectivity index (χ0v) is 20.2. The van der Waals surface area contributed by atoms with Gasteiger partial charge in [-0.25, -0.2) is 15.0 Å². The quantitative estimate of drug-likeness (QED) is 0.404. The number of pyridine rings is 2. The molecule has 2 aliphatic rings. The van der Waals surface area contributed by atoms with Crippen LogP contribution in [-0.4, -0.2) is 55.8 Å². The van der Waals surface area contributed by atoms with Crippen LogP contribution in [0, 0.1) is 5.92 Å². The van der Waals surface area contributed by atoms with Crippen LogP contribution < -0.4 is 4.90 Å². The van der Waals surface area contributed by atoms with Crippen molar-refractivity contribution in [2.24, 2.45) is 5.92 Å². The second-order valence-corrected chi connectivity index (χ2v) is 9.15. The number of nitrogens with one attached hydrogen (secondary N) is 1. The Morgan fingerprint density at radius 3 is 2.25 bits per heavy atom. The van der Waals surface area contributed by atoms with E-state index in [0.717, 1.165) is 37.1 Å². The van der Waals surface area contributed by atoms with Gasteiger partial charge in [-0.2, -0.15) is 13.2 Å². The Morgan fingerprint density at radius 2 is 1.72 bits per heavy atom. The molecule has 0 bridgehead atoms. The van der Waals surface area contributed by atoms with Crippen molar-refractivity contribution >= 4 is 23.5 Å². The molecule has 5 rings (SSSR count). The molecule has 2 fully saturated rings. The zero-order chi connectivity index (χ0) is 26.1. The van der Waals surface area contributed by atoms with Gasteiger partial charge in [0.15, 0.2) is 5.65 Å². The lowest BCUT2D eigenvalue weighted by Crippen LogP contribution is -2.36. The molecule has 1 saturated heterocycles.